The Hall–Kier alpha value is -0.120. The average molecular weight is 216 g/mol. The highest BCUT2D eigenvalue weighted by Gasteiger charge is 2.58. The van der Waals surface area contributed by atoms with Crippen LogP contribution < -0.4 is 0 Å². The lowest BCUT2D eigenvalue weighted by Gasteiger charge is -2.44. The first-order valence-corrected chi connectivity index (χ1v) is 5.69. The van der Waals surface area contributed by atoms with Crippen molar-refractivity contribution in [2.45, 2.75) is 65.0 Å². The van der Waals surface area contributed by atoms with E-state index in [1.807, 2.05) is 6.92 Å². The van der Waals surface area contributed by atoms with E-state index in [0.717, 1.165) is 6.42 Å². The van der Waals surface area contributed by atoms with Gasteiger partial charge in [0, 0.05) is 7.11 Å². The molecule has 1 fully saturated rings. The molecule has 0 unspecified atom stereocenters. The predicted octanol–water partition coefficient (Wildman–Crippen LogP) is 1.98. The molecule has 0 spiro atoms. The molecule has 0 aromatic carbocycles. The van der Waals surface area contributed by atoms with Crippen molar-refractivity contribution in [1.29, 1.82) is 0 Å². The highest BCUT2D eigenvalue weighted by atomic mass is 16.6. The van der Waals surface area contributed by atoms with E-state index in [0.29, 0.717) is 0 Å². The summed E-state index contributed by atoms with van der Waals surface area (Å²) in [6, 6.07) is 0. The minimum absolute atomic E-state index is 0.0475. The lowest BCUT2D eigenvalue weighted by molar-refractivity contribution is -0.154. The minimum atomic E-state index is -0.533. The summed E-state index contributed by atoms with van der Waals surface area (Å²) >= 11 is 0. The Balaban J connectivity index is 3.09. The molecule has 0 radical (unpaired) electrons. The van der Waals surface area contributed by atoms with Crippen molar-refractivity contribution >= 4 is 0 Å². The first-order valence-electron chi connectivity index (χ1n) is 5.69. The molecule has 1 N–H and O–H groups in total. The maximum absolute atomic E-state index is 10.0. The van der Waals surface area contributed by atoms with E-state index in [9.17, 15) is 5.11 Å². The maximum atomic E-state index is 10.0. The Bertz CT molecular complexity index is 221. The Morgan fingerprint density at radius 1 is 1.40 bits per heavy atom. The van der Waals surface area contributed by atoms with E-state index in [1.54, 1.807) is 7.11 Å². The second kappa shape index (κ2) is 4.04. The average Bonchev–Trinajstić information content (AvgIpc) is 2.39. The maximum Gasteiger partial charge on any atom is 0.115 e. The number of aliphatic hydroxyl groups is 1. The fourth-order valence-electron chi connectivity index (χ4n) is 2.74. The van der Waals surface area contributed by atoms with Crippen molar-refractivity contribution in [3.63, 3.8) is 0 Å². The Morgan fingerprint density at radius 2 is 1.93 bits per heavy atom. The third kappa shape index (κ3) is 1.81. The van der Waals surface area contributed by atoms with Crippen molar-refractivity contribution in [3.05, 3.63) is 0 Å². The van der Waals surface area contributed by atoms with Crippen LogP contribution in [0.2, 0.25) is 0 Å². The zero-order valence-corrected chi connectivity index (χ0v) is 10.7. The van der Waals surface area contributed by atoms with Crippen molar-refractivity contribution < 1.29 is 14.6 Å². The summed E-state index contributed by atoms with van der Waals surface area (Å²) in [6.45, 7) is 10.4. The summed E-state index contributed by atoms with van der Waals surface area (Å²) in [5.74, 6) is 0. The molecule has 4 atom stereocenters. The van der Waals surface area contributed by atoms with Gasteiger partial charge in [0.25, 0.3) is 0 Å². The van der Waals surface area contributed by atoms with Gasteiger partial charge in [-0.15, -0.1) is 0 Å². The molecule has 0 amide bonds. The van der Waals surface area contributed by atoms with Crippen LogP contribution in [-0.4, -0.2) is 36.1 Å². The molecule has 1 saturated heterocycles. The molecule has 1 aliphatic rings. The van der Waals surface area contributed by atoms with Crippen LogP contribution >= 0.6 is 0 Å². The van der Waals surface area contributed by atoms with Crippen LogP contribution in [0.5, 0.6) is 0 Å². The molecule has 1 heterocycles. The summed E-state index contributed by atoms with van der Waals surface area (Å²) in [7, 11) is 1.64. The van der Waals surface area contributed by atoms with Crippen molar-refractivity contribution in [2.75, 3.05) is 7.11 Å². The van der Waals surface area contributed by atoms with Gasteiger partial charge in [-0.25, -0.2) is 0 Å². The quantitative estimate of drug-likeness (QED) is 0.767. The summed E-state index contributed by atoms with van der Waals surface area (Å²) < 4.78 is 11.5. The molecule has 0 bridgehead atoms. The van der Waals surface area contributed by atoms with E-state index in [4.69, 9.17) is 9.47 Å². The third-order valence-electron chi connectivity index (χ3n) is 3.70. The van der Waals surface area contributed by atoms with E-state index >= 15 is 0 Å². The van der Waals surface area contributed by atoms with Crippen LogP contribution in [0.1, 0.15) is 41.0 Å². The molecule has 15 heavy (non-hydrogen) atoms. The van der Waals surface area contributed by atoms with Crippen molar-refractivity contribution in [2.24, 2.45) is 5.41 Å². The predicted molar refractivity (Wildman–Crippen MR) is 59.8 cm³/mol. The molecular formula is C12H24O3. The molecule has 1 aliphatic heterocycles. The van der Waals surface area contributed by atoms with Gasteiger partial charge in [-0.1, -0.05) is 27.7 Å². The van der Waals surface area contributed by atoms with Gasteiger partial charge in [-0.3, -0.25) is 0 Å². The topological polar surface area (TPSA) is 38.7 Å². The number of hydrogen-bond acceptors (Lipinski definition) is 3. The summed E-state index contributed by atoms with van der Waals surface area (Å²) in [5, 5.41) is 10.0. The molecule has 90 valence electrons. The molecule has 3 heteroatoms. The van der Waals surface area contributed by atoms with Crippen molar-refractivity contribution in [1.82, 2.24) is 0 Å². The van der Waals surface area contributed by atoms with Gasteiger partial charge in [0.1, 0.15) is 17.8 Å². The van der Waals surface area contributed by atoms with Crippen LogP contribution in [0.4, 0.5) is 0 Å². The van der Waals surface area contributed by atoms with E-state index in [-0.39, 0.29) is 23.2 Å². The lowest BCUT2D eigenvalue weighted by Crippen LogP contribution is -2.53. The summed E-state index contributed by atoms with van der Waals surface area (Å²) in [4.78, 5) is 0. The molecular weight excluding hydrogens is 192 g/mol. The van der Waals surface area contributed by atoms with Crippen LogP contribution in [0.3, 0.4) is 0 Å². The van der Waals surface area contributed by atoms with Gasteiger partial charge >= 0.3 is 0 Å². The molecule has 1 rings (SSSR count). The number of ether oxygens (including phenoxy) is 2. The molecule has 0 aromatic heterocycles. The second-order valence-electron chi connectivity index (χ2n) is 5.46. The lowest BCUT2D eigenvalue weighted by atomic mass is 9.71. The van der Waals surface area contributed by atoms with Gasteiger partial charge in [0.05, 0.1) is 6.10 Å². The van der Waals surface area contributed by atoms with Crippen LogP contribution in [0, 0.1) is 5.41 Å². The monoisotopic (exact) mass is 216 g/mol. The Kier molecular flexibility index (Phi) is 3.49. The number of rotatable bonds is 2. The standard InChI is InChI=1S/C12H24O3/c1-7-12(11(3,4)5)10(14-6)9(13)8(2)15-12/h8-10,13H,7H2,1-6H3/t8-,9-,10-,12+/m0/s1. The van der Waals surface area contributed by atoms with Crippen LogP contribution in [-0.2, 0) is 9.47 Å². The summed E-state index contributed by atoms with van der Waals surface area (Å²) in [6.07, 6.45) is -0.0862. The number of hydrogen-bond donors (Lipinski definition) is 1. The SMILES string of the molecule is CC[C@@]1(C(C)(C)C)O[C@@H](C)[C@H](O)[C@@H]1OC. The van der Waals surface area contributed by atoms with Crippen molar-refractivity contribution in [3.8, 4) is 0 Å². The molecule has 0 aliphatic carbocycles. The third-order valence-corrected chi connectivity index (χ3v) is 3.70. The van der Waals surface area contributed by atoms with Gasteiger partial charge in [-0.05, 0) is 18.8 Å². The van der Waals surface area contributed by atoms with Crippen LogP contribution in [0.25, 0.3) is 0 Å². The first kappa shape index (κ1) is 12.9. The highest BCUT2D eigenvalue weighted by molar-refractivity contribution is 5.07. The van der Waals surface area contributed by atoms with Crippen LogP contribution in [0.15, 0.2) is 0 Å². The second-order valence-corrected chi connectivity index (χ2v) is 5.46. The fourth-order valence-corrected chi connectivity index (χ4v) is 2.74. The Labute approximate surface area is 92.8 Å². The number of aliphatic hydroxyl groups excluding tert-OH is 1. The zero-order chi connectivity index (χ0) is 11.9. The van der Waals surface area contributed by atoms with E-state index in [1.165, 1.54) is 0 Å². The van der Waals surface area contributed by atoms with Gasteiger partial charge in [0.15, 0.2) is 0 Å². The largest absolute Gasteiger partial charge is 0.388 e. The van der Waals surface area contributed by atoms with E-state index in [2.05, 4.69) is 27.7 Å². The molecule has 3 nitrogen and oxygen atoms in total. The smallest absolute Gasteiger partial charge is 0.115 e. The number of methoxy groups -OCH3 is 1. The minimum Gasteiger partial charge on any atom is -0.388 e. The Morgan fingerprint density at radius 3 is 2.20 bits per heavy atom. The zero-order valence-electron chi connectivity index (χ0n) is 10.7. The molecule has 0 aromatic rings. The first-order chi connectivity index (χ1) is 6.80. The van der Waals surface area contributed by atoms with Gasteiger partial charge in [0.2, 0.25) is 0 Å². The van der Waals surface area contributed by atoms with Gasteiger partial charge < -0.3 is 14.6 Å². The fraction of sp³-hybridized carbons (Fsp3) is 1.00. The van der Waals surface area contributed by atoms with E-state index < -0.39 is 6.10 Å². The van der Waals surface area contributed by atoms with Gasteiger partial charge in [-0.2, -0.15) is 0 Å². The normalized spacial score (nSPS) is 42.2. The summed E-state index contributed by atoms with van der Waals surface area (Å²) in [5.41, 5.74) is -0.436. The molecule has 0 saturated carbocycles. The highest BCUT2D eigenvalue weighted by Crippen LogP contribution is 2.47.